The molecule has 0 aromatic carbocycles. The fourth-order valence-corrected chi connectivity index (χ4v) is 4.77. The van der Waals surface area contributed by atoms with Gasteiger partial charge in [0.2, 0.25) is 0 Å². The Kier molecular flexibility index (Phi) is 30.8. The number of carbonyl (C=O) groups is 2. The number of hydrogen-bond acceptors (Lipinski definition) is 5. The predicted molar refractivity (Wildman–Crippen MR) is 146 cm³/mol. The smallest absolute Gasteiger partial charge is 0.359 e. The Hall–Kier alpha value is 0.490. The number of unbranched alkanes of at least 4 members (excludes halogenated alkanes) is 14. The molecule has 1 atom stereocenters. The molecule has 0 aliphatic carbocycles. The van der Waals surface area contributed by atoms with Crippen LogP contribution in [0.25, 0.3) is 0 Å². The number of amidine groups is 1. The van der Waals surface area contributed by atoms with Gasteiger partial charge in [0.25, 0.3) is 0 Å². The number of carboxylic acid groups (broad SMARTS) is 2. The maximum Gasteiger partial charge on any atom is 0.359 e. The maximum atomic E-state index is 11.5. The predicted octanol–water partition coefficient (Wildman–Crippen LogP) is 4.72. The first-order chi connectivity index (χ1) is 16.0. The number of carboxylic acids is 2. The molecule has 3 N–H and O–H groups in total. The Morgan fingerprint density at radius 3 is 1.72 bits per heavy atom. The Labute approximate surface area is 263 Å². The van der Waals surface area contributed by atoms with E-state index >= 15 is 0 Å². The van der Waals surface area contributed by atoms with Crippen LogP contribution in [0.1, 0.15) is 110 Å². The van der Waals surface area contributed by atoms with Crippen LogP contribution in [0.4, 0.5) is 0 Å². The molecule has 8 nitrogen and oxygen atoms in total. The van der Waals surface area contributed by atoms with E-state index in [1.54, 1.807) is 0 Å². The second-order valence-corrected chi connectivity index (χ2v) is 9.59. The number of ether oxygens (including phenoxy) is 1. The van der Waals surface area contributed by atoms with Gasteiger partial charge in [-0.3, -0.25) is 4.48 Å². The number of quaternary nitrogens is 1. The minimum Gasteiger partial charge on any atom is -0.870 e. The normalized spacial score (nSPS) is 16.4. The van der Waals surface area contributed by atoms with Crippen molar-refractivity contribution in [3.05, 3.63) is 0 Å². The van der Waals surface area contributed by atoms with Gasteiger partial charge in [-0.25, -0.2) is 14.6 Å². The van der Waals surface area contributed by atoms with Gasteiger partial charge >= 0.3 is 11.9 Å². The molecule has 1 aliphatic heterocycles. The van der Waals surface area contributed by atoms with Gasteiger partial charge in [-0.05, 0) is 6.42 Å². The summed E-state index contributed by atoms with van der Waals surface area (Å²) in [7, 11) is 0. The molecule has 1 rings (SSSR count). The van der Waals surface area contributed by atoms with Crippen molar-refractivity contribution < 1.29 is 34.5 Å². The van der Waals surface area contributed by atoms with Crippen LogP contribution in [0, 0.1) is 0 Å². The molecule has 10 heteroatoms. The number of aliphatic imine (C=N–C) groups is 1. The van der Waals surface area contributed by atoms with Crippen molar-refractivity contribution in [1.29, 1.82) is 0 Å². The minimum atomic E-state index is -1.01. The van der Waals surface area contributed by atoms with Gasteiger partial charge < -0.3 is 20.4 Å². The van der Waals surface area contributed by atoms with E-state index in [1.807, 2.05) is 0 Å². The summed E-state index contributed by atoms with van der Waals surface area (Å²) in [6.45, 7) is 3.92. The van der Waals surface area contributed by atoms with Crippen LogP contribution in [0.15, 0.2) is 4.99 Å². The summed E-state index contributed by atoms with van der Waals surface area (Å²) in [5.74, 6) is -0.904. The zero-order valence-corrected chi connectivity index (χ0v) is 27.5. The van der Waals surface area contributed by atoms with E-state index < -0.39 is 11.9 Å². The van der Waals surface area contributed by atoms with Crippen LogP contribution in [-0.2, 0) is 14.3 Å². The Morgan fingerprint density at radius 2 is 1.28 bits per heavy atom. The van der Waals surface area contributed by atoms with Gasteiger partial charge in [0.1, 0.15) is 19.7 Å². The largest absolute Gasteiger partial charge is 0.870 e. The summed E-state index contributed by atoms with van der Waals surface area (Å²) in [6, 6.07) is 0. The molecular weight excluding hydrogens is 482 g/mol. The number of nitrogens with zero attached hydrogens (tertiary/aromatic N) is 2. The van der Waals surface area contributed by atoms with Crippen molar-refractivity contribution >= 4 is 76.9 Å². The first-order valence-corrected chi connectivity index (χ1v) is 13.4. The molecule has 0 aromatic rings. The van der Waals surface area contributed by atoms with Gasteiger partial charge in [-0.15, -0.1) is 0 Å². The summed E-state index contributed by atoms with van der Waals surface area (Å²) in [5, 5.41) is 18.1. The third kappa shape index (κ3) is 20.5. The molecule has 1 unspecified atom stereocenters. The number of aliphatic carboxylic acids is 2. The topological polar surface area (TPSA) is 126 Å². The van der Waals surface area contributed by atoms with Gasteiger partial charge in [-0.2, -0.15) is 0 Å². The molecule has 2 radical (unpaired) electrons. The Balaban J connectivity index is -0.00000363. The maximum absolute atomic E-state index is 11.5. The van der Waals surface area contributed by atoms with E-state index in [9.17, 15) is 14.7 Å². The number of rotatable bonds is 23. The third-order valence-corrected chi connectivity index (χ3v) is 6.70. The molecule has 36 heavy (non-hydrogen) atoms. The molecule has 1 aliphatic rings. The Morgan fingerprint density at radius 1 is 0.806 bits per heavy atom. The van der Waals surface area contributed by atoms with Crippen molar-refractivity contribution in [3.8, 4) is 0 Å². The first-order valence-electron chi connectivity index (χ1n) is 13.4. The van der Waals surface area contributed by atoms with Crippen LogP contribution in [-0.4, -0.2) is 136 Å². The van der Waals surface area contributed by atoms with Crippen LogP contribution in [0.2, 0.25) is 0 Å². The second-order valence-electron chi connectivity index (χ2n) is 9.59. The molecule has 0 bridgehead atoms. The Bertz CT molecular complexity index is 581. The van der Waals surface area contributed by atoms with Crippen molar-refractivity contribution in [1.82, 2.24) is 0 Å². The van der Waals surface area contributed by atoms with Gasteiger partial charge in [0, 0.05) is 65.5 Å². The van der Waals surface area contributed by atoms with Gasteiger partial charge in [0.05, 0.1) is 13.2 Å². The van der Waals surface area contributed by atoms with E-state index in [0.717, 1.165) is 25.1 Å². The molecule has 1 heterocycles. The van der Waals surface area contributed by atoms with Crippen LogP contribution in [0.5, 0.6) is 0 Å². The van der Waals surface area contributed by atoms with E-state index in [4.69, 9.17) is 9.84 Å². The molecule has 0 saturated carbocycles. The van der Waals surface area contributed by atoms with E-state index in [-0.39, 0.29) is 84.3 Å². The minimum absolute atomic E-state index is 0. The van der Waals surface area contributed by atoms with E-state index in [2.05, 4.69) is 11.9 Å². The molecule has 0 saturated heterocycles. The summed E-state index contributed by atoms with van der Waals surface area (Å²) in [6.07, 6.45) is 20.7. The van der Waals surface area contributed by atoms with Crippen molar-refractivity contribution in [2.75, 3.05) is 39.4 Å². The molecule has 0 aromatic heterocycles. The van der Waals surface area contributed by atoms with E-state index in [1.165, 1.54) is 83.5 Å². The fourth-order valence-electron chi connectivity index (χ4n) is 4.77. The van der Waals surface area contributed by atoms with Crippen LogP contribution in [0.3, 0.4) is 0 Å². The van der Waals surface area contributed by atoms with Crippen molar-refractivity contribution in [2.24, 2.45) is 4.99 Å². The summed E-state index contributed by atoms with van der Waals surface area (Å²) >= 11 is 0. The molecular formula is C26H50N2Na2O6. The summed E-state index contributed by atoms with van der Waals surface area (Å²) in [4.78, 5) is 26.7. The van der Waals surface area contributed by atoms with Crippen molar-refractivity contribution in [2.45, 2.75) is 110 Å². The van der Waals surface area contributed by atoms with E-state index in [0.29, 0.717) is 24.1 Å². The van der Waals surface area contributed by atoms with Crippen molar-refractivity contribution in [3.63, 3.8) is 0 Å². The molecule has 0 fully saturated rings. The first kappa shape index (κ1) is 41.0. The van der Waals surface area contributed by atoms with Crippen LogP contribution >= 0.6 is 0 Å². The quantitative estimate of drug-likeness (QED) is 0.111. The molecule has 202 valence electrons. The summed E-state index contributed by atoms with van der Waals surface area (Å²) in [5.41, 5.74) is 0. The van der Waals surface area contributed by atoms with Gasteiger partial charge in [0.15, 0.2) is 12.4 Å². The SMILES string of the molecule is CCCCCCCCCCCCCCCCCC1=NCC[N+]1(CCOCC(=O)O)CC(=O)O.[Na].[Na].[OH-]. The zero-order chi connectivity index (χ0) is 24.2. The molecule has 0 spiro atoms. The number of hydrogen-bond donors (Lipinski definition) is 2. The standard InChI is InChI=1S/C26H48N2O5.2Na.H2O/c1-2-3-4-5-6-7-8-9-10-11-12-13-14-15-16-17-24-27-18-19-28(24,22-25(29)30)20-21-33-23-26(31)32;;;/h2-23H2,1H3,(H-,29,30,31,32);;;1H2. The average molecular weight is 533 g/mol. The fraction of sp³-hybridized carbons (Fsp3) is 0.885. The second kappa shape index (κ2) is 27.1. The summed E-state index contributed by atoms with van der Waals surface area (Å²) < 4.78 is 5.49. The zero-order valence-electron chi connectivity index (χ0n) is 23.5. The average Bonchev–Trinajstić information content (AvgIpc) is 3.15. The molecule has 0 amide bonds. The van der Waals surface area contributed by atoms with Crippen LogP contribution < -0.4 is 0 Å². The third-order valence-electron chi connectivity index (χ3n) is 6.70. The monoisotopic (exact) mass is 532 g/mol. The van der Waals surface area contributed by atoms with Gasteiger partial charge in [-0.1, -0.05) is 96.8 Å².